The minimum absolute atomic E-state index is 0.355. The van der Waals surface area contributed by atoms with Crippen LogP contribution in [0.5, 0.6) is 0 Å². The Morgan fingerprint density at radius 2 is 2.33 bits per heavy atom. The van der Waals surface area contributed by atoms with Gasteiger partial charge in [0.2, 0.25) is 0 Å². The summed E-state index contributed by atoms with van der Waals surface area (Å²) in [6, 6.07) is 0. The molecule has 0 heterocycles. The van der Waals surface area contributed by atoms with Gasteiger partial charge >= 0.3 is 0 Å². The molecular weight excluding hydrogens is 158 g/mol. The summed E-state index contributed by atoms with van der Waals surface area (Å²) in [5.74, 6) is -0.355. The van der Waals surface area contributed by atoms with Gasteiger partial charge in [-0.15, -0.1) is 0 Å². The fourth-order valence-electron chi connectivity index (χ4n) is 0.752. The average Bonchev–Trinajstić information content (AvgIpc) is 1.98. The Morgan fingerprint density at radius 3 is 2.83 bits per heavy atom. The first-order valence-electron chi connectivity index (χ1n) is 3.91. The topological polar surface area (TPSA) is 66.1 Å². The summed E-state index contributed by atoms with van der Waals surface area (Å²) < 4.78 is 0. The van der Waals surface area contributed by atoms with Crippen LogP contribution in [0.2, 0.25) is 0 Å². The predicted octanol–water partition coefficient (Wildman–Crippen LogP) is -1.90. The minimum atomic E-state index is -0.355. The Morgan fingerprint density at radius 1 is 1.67 bits per heavy atom. The van der Waals surface area contributed by atoms with E-state index in [1.54, 1.807) is 0 Å². The van der Waals surface area contributed by atoms with Crippen molar-refractivity contribution in [3.8, 4) is 0 Å². The van der Waals surface area contributed by atoms with Gasteiger partial charge in [0.1, 0.15) is 6.21 Å². The van der Waals surface area contributed by atoms with Gasteiger partial charge in [-0.25, -0.2) is 0 Å². The van der Waals surface area contributed by atoms with E-state index in [1.165, 1.54) is 4.90 Å². The minimum Gasteiger partial charge on any atom is -0.411 e. The van der Waals surface area contributed by atoms with Crippen molar-refractivity contribution in [2.75, 3.05) is 27.2 Å². The molecule has 0 rings (SSSR count). The van der Waals surface area contributed by atoms with Crippen LogP contribution in [-0.2, 0) is 4.79 Å². The van der Waals surface area contributed by atoms with E-state index in [0.29, 0.717) is 6.54 Å². The Kier molecular flexibility index (Phi) is 6.00. The molecule has 0 unspecified atom stereocenters. The van der Waals surface area contributed by atoms with Crippen molar-refractivity contribution in [1.29, 1.82) is 0 Å². The molecule has 12 heavy (non-hydrogen) atoms. The van der Waals surface area contributed by atoms with Crippen LogP contribution < -0.4 is 10.2 Å². The Bertz CT molecular complexity index is 157. The third-order valence-corrected chi connectivity index (χ3v) is 1.33. The highest BCUT2D eigenvalue weighted by Gasteiger charge is 1.96. The summed E-state index contributed by atoms with van der Waals surface area (Å²) in [7, 11) is 4.11. The quantitative estimate of drug-likeness (QED) is 0.197. The number of nitrogens with one attached hydrogen (secondary N) is 2. The van der Waals surface area contributed by atoms with Crippen LogP contribution in [0.1, 0.15) is 6.42 Å². The van der Waals surface area contributed by atoms with E-state index in [1.807, 2.05) is 0 Å². The Labute approximate surface area is 72.0 Å². The molecule has 0 fully saturated rings. The molecule has 70 valence electrons. The zero-order valence-electron chi connectivity index (χ0n) is 7.50. The standard InChI is InChI=1S/C7H15N3O2/c1-10(2)5-3-4-8-7(11)6-9-12/h6,12H,3-5H2,1-2H3,(H,8,11)/p+1/b9-6-. The fraction of sp³-hybridized carbons (Fsp3) is 0.714. The number of nitrogens with zero attached hydrogens (tertiary/aromatic N) is 1. The molecule has 0 aromatic heterocycles. The van der Waals surface area contributed by atoms with E-state index in [2.05, 4.69) is 24.6 Å². The van der Waals surface area contributed by atoms with Crippen LogP contribution in [0.15, 0.2) is 5.16 Å². The molecule has 0 atom stereocenters. The Balaban J connectivity index is 3.25. The molecule has 0 aromatic carbocycles. The zero-order chi connectivity index (χ0) is 9.40. The van der Waals surface area contributed by atoms with E-state index in [0.717, 1.165) is 19.2 Å². The number of rotatable bonds is 5. The Hall–Kier alpha value is -1.10. The van der Waals surface area contributed by atoms with Crippen molar-refractivity contribution < 1.29 is 14.9 Å². The van der Waals surface area contributed by atoms with E-state index < -0.39 is 0 Å². The van der Waals surface area contributed by atoms with Gasteiger partial charge < -0.3 is 15.4 Å². The molecule has 0 radical (unpaired) electrons. The lowest BCUT2D eigenvalue weighted by Crippen LogP contribution is -3.05. The van der Waals surface area contributed by atoms with Gasteiger partial charge in [-0.1, -0.05) is 5.16 Å². The van der Waals surface area contributed by atoms with E-state index in [9.17, 15) is 4.79 Å². The molecule has 0 aliphatic rings. The molecule has 3 N–H and O–H groups in total. The molecular formula is C7H16N3O2+. The van der Waals surface area contributed by atoms with E-state index >= 15 is 0 Å². The first-order valence-corrected chi connectivity index (χ1v) is 3.91. The average molecular weight is 174 g/mol. The number of amides is 1. The lowest BCUT2D eigenvalue weighted by molar-refractivity contribution is -0.858. The van der Waals surface area contributed by atoms with Crippen LogP contribution in [0.25, 0.3) is 0 Å². The van der Waals surface area contributed by atoms with E-state index in [-0.39, 0.29) is 5.91 Å². The third-order valence-electron chi connectivity index (χ3n) is 1.33. The van der Waals surface area contributed by atoms with Gasteiger partial charge in [-0.05, 0) is 0 Å². The van der Waals surface area contributed by atoms with Gasteiger partial charge in [-0.2, -0.15) is 0 Å². The van der Waals surface area contributed by atoms with Crippen molar-refractivity contribution in [2.45, 2.75) is 6.42 Å². The second kappa shape index (κ2) is 6.60. The van der Waals surface area contributed by atoms with Crippen molar-refractivity contribution in [3.05, 3.63) is 0 Å². The van der Waals surface area contributed by atoms with Gasteiger partial charge in [0, 0.05) is 13.0 Å². The largest absolute Gasteiger partial charge is 0.411 e. The van der Waals surface area contributed by atoms with Crippen LogP contribution in [0, 0.1) is 0 Å². The molecule has 1 amide bonds. The van der Waals surface area contributed by atoms with Gasteiger partial charge in [-0.3, -0.25) is 4.79 Å². The van der Waals surface area contributed by atoms with Gasteiger partial charge in [0.25, 0.3) is 5.91 Å². The monoisotopic (exact) mass is 174 g/mol. The first-order chi connectivity index (χ1) is 5.66. The molecule has 0 aliphatic carbocycles. The normalized spacial score (nSPS) is 10.9. The molecule has 0 bridgehead atoms. The lowest BCUT2D eigenvalue weighted by Gasteiger charge is -2.06. The second-order valence-corrected chi connectivity index (χ2v) is 2.85. The van der Waals surface area contributed by atoms with Crippen molar-refractivity contribution >= 4 is 12.1 Å². The number of quaternary nitrogens is 1. The highest BCUT2D eigenvalue weighted by molar-refractivity contribution is 6.25. The molecule has 0 saturated carbocycles. The van der Waals surface area contributed by atoms with Gasteiger partial charge in [0.15, 0.2) is 0 Å². The van der Waals surface area contributed by atoms with Crippen molar-refractivity contribution in [3.63, 3.8) is 0 Å². The number of hydrogen-bond donors (Lipinski definition) is 3. The summed E-state index contributed by atoms with van der Waals surface area (Å²) in [5, 5.41) is 13.2. The summed E-state index contributed by atoms with van der Waals surface area (Å²) in [6.45, 7) is 1.63. The number of oxime groups is 1. The number of hydrogen-bond acceptors (Lipinski definition) is 3. The van der Waals surface area contributed by atoms with Gasteiger partial charge in [0.05, 0.1) is 20.6 Å². The summed E-state index contributed by atoms with van der Waals surface area (Å²) >= 11 is 0. The maximum atomic E-state index is 10.7. The van der Waals surface area contributed by atoms with Crippen LogP contribution in [0.3, 0.4) is 0 Å². The van der Waals surface area contributed by atoms with Crippen LogP contribution >= 0.6 is 0 Å². The van der Waals surface area contributed by atoms with Crippen LogP contribution in [0.4, 0.5) is 0 Å². The fourth-order valence-corrected chi connectivity index (χ4v) is 0.752. The molecule has 0 aliphatic heterocycles. The lowest BCUT2D eigenvalue weighted by atomic mass is 10.4. The summed E-state index contributed by atoms with van der Waals surface area (Å²) in [5.41, 5.74) is 0. The maximum Gasteiger partial charge on any atom is 0.265 e. The molecule has 5 heteroatoms. The molecule has 5 nitrogen and oxygen atoms in total. The highest BCUT2D eigenvalue weighted by Crippen LogP contribution is 1.68. The summed E-state index contributed by atoms with van der Waals surface area (Å²) in [6.07, 6.45) is 1.77. The predicted molar refractivity (Wildman–Crippen MR) is 45.6 cm³/mol. The summed E-state index contributed by atoms with van der Waals surface area (Å²) in [4.78, 5) is 12.0. The molecule has 0 aromatic rings. The van der Waals surface area contributed by atoms with Crippen molar-refractivity contribution in [2.24, 2.45) is 5.16 Å². The third kappa shape index (κ3) is 7.01. The van der Waals surface area contributed by atoms with Crippen molar-refractivity contribution in [1.82, 2.24) is 5.32 Å². The maximum absolute atomic E-state index is 10.7. The van der Waals surface area contributed by atoms with Crippen LogP contribution in [-0.4, -0.2) is 44.5 Å². The zero-order valence-corrected chi connectivity index (χ0v) is 7.50. The SMILES string of the molecule is C[NH+](C)CCCNC(=O)/C=N\O. The first kappa shape index (κ1) is 10.9. The number of carbonyl (C=O) groups is 1. The second-order valence-electron chi connectivity index (χ2n) is 2.85. The highest BCUT2D eigenvalue weighted by atomic mass is 16.4. The molecule has 0 spiro atoms. The number of carbonyl (C=O) groups excluding carboxylic acids is 1. The smallest absolute Gasteiger partial charge is 0.265 e. The molecule has 0 saturated heterocycles. The van der Waals surface area contributed by atoms with E-state index in [4.69, 9.17) is 5.21 Å².